The van der Waals surface area contributed by atoms with Gasteiger partial charge in [0, 0.05) is 39.2 Å². The number of carbonyl (C=O) groups is 1. The van der Waals surface area contributed by atoms with Crippen molar-refractivity contribution in [2.75, 3.05) is 26.8 Å². The molecule has 2 rings (SSSR count). The molecule has 0 spiro atoms. The highest BCUT2D eigenvalue weighted by molar-refractivity contribution is 5.78. The van der Waals surface area contributed by atoms with Crippen LogP contribution >= 0.6 is 0 Å². The van der Waals surface area contributed by atoms with Crippen molar-refractivity contribution < 1.29 is 9.53 Å². The summed E-state index contributed by atoms with van der Waals surface area (Å²) >= 11 is 0. The van der Waals surface area contributed by atoms with Crippen LogP contribution in [0.15, 0.2) is 24.5 Å². The molecule has 0 atom stereocenters. The average molecular weight is 262 g/mol. The third-order valence-electron chi connectivity index (χ3n) is 3.82. The van der Waals surface area contributed by atoms with E-state index in [1.807, 2.05) is 24.1 Å². The molecule has 1 aliphatic rings. The average Bonchev–Trinajstić information content (AvgIpc) is 2.40. The predicted octanol–water partition coefficient (Wildman–Crippen LogP) is 1.90. The van der Waals surface area contributed by atoms with Crippen LogP contribution in [-0.2, 0) is 16.0 Å². The monoisotopic (exact) mass is 262 g/mol. The van der Waals surface area contributed by atoms with E-state index in [4.69, 9.17) is 4.74 Å². The Morgan fingerprint density at radius 2 is 2.21 bits per heavy atom. The van der Waals surface area contributed by atoms with Gasteiger partial charge >= 0.3 is 0 Å². The first-order valence-electron chi connectivity index (χ1n) is 6.80. The quantitative estimate of drug-likeness (QED) is 0.832. The van der Waals surface area contributed by atoms with Crippen molar-refractivity contribution >= 4 is 5.91 Å². The second-order valence-electron chi connectivity index (χ2n) is 5.71. The number of likely N-dealkylation sites (N-methyl/N-ethyl adjacent to an activating group) is 1. The number of pyridine rings is 1. The third-order valence-corrected chi connectivity index (χ3v) is 3.82. The number of hydrogen-bond donors (Lipinski definition) is 0. The van der Waals surface area contributed by atoms with Crippen molar-refractivity contribution in [3.63, 3.8) is 0 Å². The number of ether oxygens (including phenoxy) is 1. The lowest BCUT2D eigenvalue weighted by Gasteiger charge is -2.36. The second-order valence-corrected chi connectivity index (χ2v) is 5.71. The molecule has 0 bridgehead atoms. The fourth-order valence-corrected chi connectivity index (χ4v) is 2.50. The van der Waals surface area contributed by atoms with Gasteiger partial charge in [0.2, 0.25) is 5.91 Å². The lowest BCUT2D eigenvalue weighted by molar-refractivity contribution is -0.131. The van der Waals surface area contributed by atoms with E-state index in [0.29, 0.717) is 6.42 Å². The van der Waals surface area contributed by atoms with Gasteiger partial charge in [-0.2, -0.15) is 0 Å². The molecule has 1 amide bonds. The van der Waals surface area contributed by atoms with Crippen molar-refractivity contribution in [3.8, 4) is 0 Å². The standard InChI is InChI=1S/C15H22N2O2/c1-15(5-8-19-9-6-15)12-17(2)14(18)10-13-4-3-7-16-11-13/h3-4,7,11H,5-6,8-10,12H2,1-2H3. The van der Waals surface area contributed by atoms with E-state index in [9.17, 15) is 4.79 Å². The molecule has 1 fully saturated rings. The van der Waals surface area contributed by atoms with Gasteiger partial charge in [-0.25, -0.2) is 0 Å². The Kier molecular flexibility index (Phi) is 4.53. The lowest BCUT2D eigenvalue weighted by Crippen LogP contribution is -2.41. The Labute approximate surface area is 114 Å². The van der Waals surface area contributed by atoms with Gasteiger partial charge in [0.25, 0.3) is 0 Å². The van der Waals surface area contributed by atoms with Crippen LogP contribution in [0.3, 0.4) is 0 Å². The molecular formula is C15H22N2O2. The number of rotatable bonds is 4. The zero-order valence-corrected chi connectivity index (χ0v) is 11.8. The third kappa shape index (κ3) is 4.03. The van der Waals surface area contributed by atoms with Crippen LogP contribution in [0.25, 0.3) is 0 Å². The summed E-state index contributed by atoms with van der Waals surface area (Å²) in [6.07, 6.45) is 5.95. The Balaban J connectivity index is 1.88. The molecule has 2 heterocycles. The van der Waals surface area contributed by atoms with Crippen molar-refractivity contribution in [1.29, 1.82) is 0 Å². The molecule has 0 saturated carbocycles. The highest BCUT2D eigenvalue weighted by Crippen LogP contribution is 2.30. The summed E-state index contributed by atoms with van der Waals surface area (Å²) in [6.45, 7) is 4.65. The highest BCUT2D eigenvalue weighted by atomic mass is 16.5. The van der Waals surface area contributed by atoms with E-state index < -0.39 is 0 Å². The first kappa shape index (κ1) is 14.0. The number of hydrogen-bond acceptors (Lipinski definition) is 3. The Morgan fingerprint density at radius 1 is 1.47 bits per heavy atom. The maximum absolute atomic E-state index is 12.2. The van der Waals surface area contributed by atoms with E-state index in [0.717, 1.165) is 38.2 Å². The van der Waals surface area contributed by atoms with Gasteiger partial charge in [-0.05, 0) is 29.9 Å². The van der Waals surface area contributed by atoms with Gasteiger partial charge in [-0.1, -0.05) is 13.0 Å². The van der Waals surface area contributed by atoms with Gasteiger partial charge in [0.15, 0.2) is 0 Å². The van der Waals surface area contributed by atoms with E-state index in [-0.39, 0.29) is 11.3 Å². The van der Waals surface area contributed by atoms with Crippen LogP contribution in [0.4, 0.5) is 0 Å². The maximum Gasteiger partial charge on any atom is 0.226 e. The van der Waals surface area contributed by atoms with Crippen LogP contribution in [0.2, 0.25) is 0 Å². The SMILES string of the molecule is CN(CC1(C)CCOCC1)C(=O)Cc1cccnc1. The van der Waals surface area contributed by atoms with Crippen molar-refractivity contribution in [2.45, 2.75) is 26.2 Å². The molecule has 0 unspecified atom stereocenters. The molecular weight excluding hydrogens is 240 g/mol. The summed E-state index contributed by atoms with van der Waals surface area (Å²) in [6, 6.07) is 3.80. The largest absolute Gasteiger partial charge is 0.381 e. The minimum atomic E-state index is 0.153. The zero-order chi connectivity index (χ0) is 13.7. The fraction of sp³-hybridized carbons (Fsp3) is 0.600. The molecule has 1 aromatic rings. The number of aromatic nitrogens is 1. The smallest absolute Gasteiger partial charge is 0.226 e. The number of carbonyl (C=O) groups excluding carboxylic acids is 1. The molecule has 1 aliphatic heterocycles. The molecule has 0 N–H and O–H groups in total. The predicted molar refractivity (Wildman–Crippen MR) is 73.7 cm³/mol. The Bertz CT molecular complexity index is 413. The first-order chi connectivity index (χ1) is 9.09. The van der Waals surface area contributed by atoms with E-state index >= 15 is 0 Å². The summed E-state index contributed by atoms with van der Waals surface area (Å²) < 4.78 is 5.39. The molecule has 0 aromatic carbocycles. The topological polar surface area (TPSA) is 42.4 Å². The summed E-state index contributed by atoms with van der Waals surface area (Å²) in [4.78, 5) is 18.1. The van der Waals surface area contributed by atoms with Gasteiger partial charge in [0.1, 0.15) is 0 Å². The lowest BCUT2D eigenvalue weighted by atomic mass is 9.82. The Hall–Kier alpha value is -1.42. The van der Waals surface area contributed by atoms with Gasteiger partial charge in [-0.15, -0.1) is 0 Å². The van der Waals surface area contributed by atoms with Gasteiger partial charge in [-0.3, -0.25) is 9.78 Å². The summed E-state index contributed by atoms with van der Waals surface area (Å²) in [5, 5.41) is 0. The maximum atomic E-state index is 12.2. The molecule has 4 nitrogen and oxygen atoms in total. The van der Waals surface area contributed by atoms with Gasteiger partial charge in [0.05, 0.1) is 6.42 Å². The zero-order valence-electron chi connectivity index (χ0n) is 11.8. The van der Waals surface area contributed by atoms with Crippen LogP contribution in [-0.4, -0.2) is 42.6 Å². The van der Waals surface area contributed by atoms with E-state index in [2.05, 4.69) is 11.9 Å². The van der Waals surface area contributed by atoms with Crippen LogP contribution in [0, 0.1) is 5.41 Å². The Morgan fingerprint density at radius 3 is 2.84 bits per heavy atom. The van der Waals surface area contributed by atoms with Crippen LogP contribution in [0.1, 0.15) is 25.3 Å². The highest BCUT2D eigenvalue weighted by Gasteiger charge is 2.29. The normalized spacial score (nSPS) is 18.0. The molecule has 1 aromatic heterocycles. The molecule has 4 heteroatoms. The molecule has 19 heavy (non-hydrogen) atoms. The summed E-state index contributed by atoms with van der Waals surface area (Å²) in [5.74, 6) is 0.153. The van der Waals surface area contributed by atoms with Gasteiger partial charge < -0.3 is 9.64 Å². The first-order valence-corrected chi connectivity index (χ1v) is 6.80. The summed E-state index contributed by atoms with van der Waals surface area (Å²) in [7, 11) is 1.89. The fourth-order valence-electron chi connectivity index (χ4n) is 2.50. The van der Waals surface area contributed by atoms with E-state index in [1.165, 1.54) is 0 Å². The minimum absolute atomic E-state index is 0.153. The number of amides is 1. The van der Waals surface area contributed by atoms with Crippen molar-refractivity contribution in [3.05, 3.63) is 30.1 Å². The molecule has 0 aliphatic carbocycles. The van der Waals surface area contributed by atoms with Crippen LogP contribution in [0.5, 0.6) is 0 Å². The summed E-state index contributed by atoms with van der Waals surface area (Å²) in [5.41, 5.74) is 1.16. The molecule has 0 radical (unpaired) electrons. The van der Waals surface area contributed by atoms with Crippen LogP contribution < -0.4 is 0 Å². The molecule has 104 valence electrons. The number of nitrogens with zero attached hydrogens (tertiary/aromatic N) is 2. The molecule has 1 saturated heterocycles. The van der Waals surface area contributed by atoms with Crippen molar-refractivity contribution in [1.82, 2.24) is 9.88 Å². The second kappa shape index (κ2) is 6.15. The minimum Gasteiger partial charge on any atom is -0.381 e. The van der Waals surface area contributed by atoms with E-state index in [1.54, 1.807) is 12.4 Å². The van der Waals surface area contributed by atoms with Crippen molar-refractivity contribution in [2.24, 2.45) is 5.41 Å².